The maximum Gasteiger partial charge on any atom is 0.161 e. The second-order valence-corrected chi connectivity index (χ2v) is 6.78. The minimum atomic E-state index is 0.0905. The lowest BCUT2D eigenvalue weighted by Crippen LogP contribution is -2.35. The Morgan fingerprint density at radius 1 is 1.24 bits per heavy atom. The molecule has 0 amide bonds. The lowest BCUT2D eigenvalue weighted by molar-refractivity contribution is 0.283. The highest BCUT2D eigenvalue weighted by Gasteiger charge is 2.11. The minimum Gasteiger partial charge on any atom is -0.493 e. The fraction of sp³-hybridized carbons (Fsp3) is 0.438. The predicted molar refractivity (Wildman–Crippen MR) is 86.0 cm³/mol. The number of rotatable bonds is 6. The van der Waals surface area contributed by atoms with Crippen LogP contribution in [0.1, 0.15) is 31.3 Å². The molecule has 1 N–H and O–H groups in total. The van der Waals surface area contributed by atoms with E-state index in [0.29, 0.717) is 6.61 Å². The topological polar surface area (TPSA) is 43.4 Å². The number of ether oxygens (including phenoxy) is 2. The van der Waals surface area contributed by atoms with E-state index >= 15 is 0 Å². The van der Waals surface area contributed by atoms with Crippen LogP contribution >= 0.6 is 11.3 Å². The van der Waals surface area contributed by atoms with E-state index in [4.69, 9.17) is 9.47 Å². The summed E-state index contributed by atoms with van der Waals surface area (Å²) in [6.07, 6.45) is 1.78. The zero-order chi connectivity index (χ0) is 15.3. The standard InChI is InChI=1S/C16H22N2O2S/c1-16(2,3)18-10-12-5-6-13(14(9-12)19-4)20-11-15-17-7-8-21-15/h5-9,18H,10-11H2,1-4H3. The van der Waals surface area contributed by atoms with Crippen molar-refractivity contribution in [1.82, 2.24) is 10.3 Å². The van der Waals surface area contributed by atoms with Crippen molar-refractivity contribution in [2.24, 2.45) is 0 Å². The third-order valence-corrected chi connectivity index (χ3v) is 3.64. The molecule has 2 aromatic rings. The fourth-order valence-corrected chi connectivity index (χ4v) is 2.30. The molecule has 0 saturated heterocycles. The smallest absolute Gasteiger partial charge is 0.161 e. The first-order chi connectivity index (χ1) is 9.98. The van der Waals surface area contributed by atoms with Crippen LogP contribution < -0.4 is 14.8 Å². The predicted octanol–water partition coefficient (Wildman–Crippen LogP) is 3.62. The molecule has 0 radical (unpaired) electrons. The SMILES string of the molecule is COc1cc(CNC(C)(C)C)ccc1OCc1nccs1. The third-order valence-electron chi connectivity index (χ3n) is 2.89. The van der Waals surface area contributed by atoms with E-state index in [9.17, 15) is 0 Å². The van der Waals surface area contributed by atoms with E-state index in [-0.39, 0.29) is 5.54 Å². The van der Waals surface area contributed by atoms with E-state index in [0.717, 1.165) is 23.1 Å². The lowest BCUT2D eigenvalue weighted by Gasteiger charge is -2.21. The molecule has 21 heavy (non-hydrogen) atoms. The van der Waals surface area contributed by atoms with Crippen LogP contribution in [-0.4, -0.2) is 17.6 Å². The molecule has 1 aromatic carbocycles. The Balaban J connectivity index is 2.02. The van der Waals surface area contributed by atoms with Crippen LogP contribution in [0.15, 0.2) is 29.8 Å². The second kappa shape index (κ2) is 6.91. The second-order valence-electron chi connectivity index (χ2n) is 5.80. The van der Waals surface area contributed by atoms with Crippen molar-refractivity contribution in [2.45, 2.75) is 39.5 Å². The van der Waals surface area contributed by atoms with Gasteiger partial charge in [-0.2, -0.15) is 0 Å². The van der Waals surface area contributed by atoms with Crippen molar-refractivity contribution >= 4 is 11.3 Å². The summed E-state index contributed by atoms with van der Waals surface area (Å²) in [5.41, 5.74) is 1.26. The summed E-state index contributed by atoms with van der Waals surface area (Å²) in [4.78, 5) is 4.20. The van der Waals surface area contributed by atoms with E-state index in [1.807, 2.05) is 17.5 Å². The van der Waals surface area contributed by atoms with Crippen LogP contribution in [0.5, 0.6) is 11.5 Å². The highest BCUT2D eigenvalue weighted by atomic mass is 32.1. The number of methoxy groups -OCH3 is 1. The number of aromatic nitrogens is 1. The number of nitrogens with one attached hydrogen (secondary N) is 1. The van der Waals surface area contributed by atoms with Gasteiger partial charge < -0.3 is 14.8 Å². The summed E-state index contributed by atoms with van der Waals surface area (Å²) in [5.74, 6) is 1.49. The molecule has 1 aromatic heterocycles. The highest BCUT2D eigenvalue weighted by Crippen LogP contribution is 2.29. The first-order valence-electron chi connectivity index (χ1n) is 6.91. The van der Waals surface area contributed by atoms with Crippen LogP contribution in [0.2, 0.25) is 0 Å². The molecule has 5 heteroatoms. The van der Waals surface area contributed by atoms with Gasteiger partial charge in [0.2, 0.25) is 0 Å². The molecule has 4 nitrogen and oxygen atoms in total. The average Bonchev–Trinajstić information content (AvgIpc) is 2.95. The average molecular weight is 306 g/mol. The first kappa shape index (κ1) is 15.8. The summed E-state index contributed by atoms with van der Waals surface area (Å²) in [7, 11) is 1.66. The Morgan fingerprint density at radius 3 is 2.67 bits per heavy atom. The molecule has 0 bridgehead atoms. The van der Waals surface area contributed by atoms with Crippen LogP contribution in [0, 0.1) is 0 Å². The molecule has 0 atom stereocenters. The summed E-state index contributed by atoms with van der Waals surface area (Å²) in [5, 5.41) is 6.35. The zero-order valence-corrected chi connectivity index (χ0v) is 13.8. The molecule has 0 aliphatic carbocycles. The number of benzene rings is 1. The first-order valence-corrected chi connectivity index (χ1v) is 7.79. The molecule has 0 aliphatic rings. The molecule has 0 spiro atoms. The van der Waals surface area contributed by atoms with Gasteiger partial charge in [-0.05, 0) is 38.5 Å². The molecule has 2 rings (SSSR count). The maximum atomic E-state index is 5.78. The van der Waals surface area contributed by atoms with Gasteiger partial charge in [-0.3, -0.25) is 0 Å². The van der Waals surface area contributed by atoms with Crippen molar-refractivity contribution in [3.63, 3.8) is 0 Å². The number of nitrogens with zero attached hydrogens (tertiary/aromatic N) is 1. The van der Waals surface area contributed by atoms with Gasteiger partial charge in [0.25, 0.3) is 0 Å². The zero-order valence-electron chi connectivity index (χ0n) is 13.0. The van der Waals surface area contributed by atoms with Crippen LogP contribution in [0.25, 0.3) is 0 Å². The molecule has 0 fully saturated rings. The third kappa shape index (κ3) is 5.02. The molecule has 1 heterocycles. The summed E-state index contributed by atoms with van der Waals surface area (Å²) < 4.78 is 11.2. The fourth-order valence-electron chi connectivity index (χ4n) is 1.77. The summed E-state index contributed by atoms with van der Waals surface area (Å²) >= 11 is 1.58. The van der Waals surface area contributed by atoms with Gasteiger partial charge in [-0.15, -0.1) is 11.3 Å². The minimum absolute atomic E-state index is 0.0905. The van der Waals surface area contributed by atoms with Crippen LogP contribution in [0.3, 0.4) is 0 Å². The summed E-state index contributed by atoms with van der Waals surface area (Å²) in [6, 6.07) is 6.01. The van der Waals surface area contributed by atoms with Crippen molar-refractivity contribution in [1.29, 1.82) is 0 Å². The van der Waals surface area contributed by atoms with E-state index in [2.05, 4.69) is 37.1 Å². The van der Waals surface area contributed by atoms with Gasteiger partial charge in [-0.1, -0.05) is 6.07 Å². The normalized spacial score (nSPS) is 11.4. The van der Waals surface area contributed by atoms with E-state index < -0.39 is 0 Å². The highest BCUT2D eigenvalue weighted by molar-refractivity contribution is 7.09. The lowest BCUT2D eigenvalue weighted by atomic mass is 10.1. The van der Waals surface area contributed by atoms with Crippen LogP contribution in [-0.2, 0) is 13.2 Å². The number of hydrogen-bond donors (Lipinski definition) is 1. The Labute approximate surface area is 130 Å². The van der Waals surface area contributed by atoms with Crippen molar-refractivity contribution in [3.8, 4) is 11.5 Å². The molecular weight excluding hydrogens is 284 g/mol. The van der Waals surface area contributed by atoms with Gasteiger partial charge >= 0.3 is 0 Å². The number of hydrogen-bond acceptors (Lipinski definition) is 5. The maximum absolute atomic E-state index is 5.78. The number of thiazole rings is 1. The molecule has 0 aliphatic heterocycles. The Hall–Kier alpha value is -1.59. The quantitative estimate of drug-likeness (QED) is 0.885. The molecule has 0 saturated carbocycles. The van der Waals surface area contributed by atoms with Gasteiger partial charge in [0, 0.05) is 23.7 Å². The summed E-state index contributed by atoms with van der Waals surface area (Å²) in [6.45, 7) is 7.71. The van der Waals surface area contributed by atoms with Gasteiger partial charge in [-0.25, -0.2) is 4.98 Å². The molecule has 0 unspecified atom stereocenters. The Bertz CT molecular complexity index is 562. The van der Waals surface area contributed by atoms with E-state index in [1.165, 1.54) is 5.56 Å². The van der Waals surface area contributed by atoms with Crippen molar-refractivity contribution in [2.75, 3.05) is 7.11 Å². The molecule has 114 valence electrons. The Morgan fingerprint density at radius 2 is 2.05 bits per heavy atom. The monoisotopic (exact) mass is 306 g/mol. The Kier molecular flexibility index (Phi) is 5.20. The largest absolute Gasteiger partial charge is 0.493 e. The molecular formula is C16H22N2O2S. The van der Waals surface area contributed by atoms with Gasteiger partial charge in [0.05, 0.1) is 7.11 Å². The van der Waals surface area contributed by atoms with Crippen LogP contribution in [0.4, 0.5) is 0 Å². The van der Waals surface area contributed by atoms with Crippen molar-refractivity contribution < 1.29 is 9.47 Å². The van der Waals surface area contributed by atoms with Gasteiger partial charge in [0.15, 0.2) is 11.5 Å². The van der Waals surface area contributed by atoms with Crippen molar-refractivity contribution in [3.05, 3.63) is 40.3 Å². The van der Waals surface area contributed by atoms with Gasteiger partial charge in [0.1, 0.15) is 11.6 Å². The van der Waals surface area contributed by atoms with E-state index in [1.54, 1.807) is 24.6 Å².